The van der Waals surface area contributed by atoms with Crippen LogP contribution in [-0.2, 0) is 6.54 Å². The van der Waals surface area contributed by atoms with E-state index in [2.05, 4.69) is 14.8 Å². The van der Waals surface area contributed by atoms with Crippen LogP contribution in [0.25, 0.3) is 0 Å². The van der Waals surface area contributed by atoms with Crippen molar-refractivity contribution >= 4 is 5.69 Å². The number of hydrogen-bond acceptors (Lipinski definition) is 4. The monoisotopic (exact) mass is 164 g/mol. The van der Waals surface area contributed by atoms with Gasteiger partial charge in [0.25, 0.3) is 0 Å². The van der Waals surface area contributed by atoms with Crippen molar-refractivity contribution in [1.82, 2.24) is 14.9 Å². The van der Waals surface area contributed by atoms with Crippen molar-refractivity contribution < 1.29 is 4.52 Å². The highest BCUT2D eigenvalue weighted by molar-refractivity contribution is 5.30. The van der Waals surface area contributed by atoms with Gasteiger partial charge in [-0.15, -0.1) is 0 Å². The zero-order valence-electron chi connectivity index (χ0n) is 6.34. The van der Waals surface area contributed by atoms with Gasteiger partial charge < -0.3 is 10.3 Å². The Bertz CT molecular complexity index is 351. The maximum atomic E-state index is 5.49. The Morgan fingerprint density at radius 3 is 3.00 bits per heavy atom. The number of nitrogens with two attached hydrogens (primary N) is 1. The molecule has 5 nitrogen and oxygen atoms in total. The molecule has 2 heterocycles. The largest absolute Gasteiger partial charge is 0.396 e. The Morgan fingerprint density at radius 2 is 2.42 bits per heavy atom. The fraction of sp³-hybridized carbons (Fsp3) is 0.143. The Hall–Kier alpha value is -1.78. The summed E-state index contributed by atoms with van der Waals surface area (Å²) in [5, 5.41) is 7.59. The Balaban J connectivity index is 2.14. The second-order valence-corrected chi connectivity index (χ2v) is 2.50. The first-order chi connectivity index (χ1) is 5.84. The minimum absolute atomic E-state index is 0.640. The maximum absolute atomic E-state index is 5.49. The van der Waals surface area contributed by atoms with Crippen molar-refractivity contribution in [3.8, 4) is 0 Å². The van der Waals surface area contributed by atoms with Crippen molar-refractivity contribution in [1.29, 1.82) is 0 Å². The van der Waals surface area contributed by atoms with Crippen molar-refractivity contribution in [3.05, 3.63) is 30.4 Å². The van der Waals surface area contributed by atoms with E-state index in [4.69, 9.17) is 5.73 Å². The topological polar surface area (TPSA) is 69.9 Å². The molecule has 12 heavy (non-hydrogen) atoms. The number of hydrogen-bond donors (Lipinski definition) is 1. The first-order valence-electron chi connectivity index (χ1n) is 3.51. The number of anilines is 1. The van der Waals surface area contributed by atoms with Crippen LogP contribution in [0.1, 0.15) is 5.56 Å². The fourth-order valence-electron chi connectivity index (χ4n) is 0.958. The minimum atomic E-state index is 0.640. The molecule has 0 unspecified atom stereocenters. The van der Waals surface area contributed by atoms with Crippen molar-refractivity contribution in [2.24, 2.45) is 0 Å². The average molecular weight is 164 g/mol. The molecule has 0 saturated heterocycles. The zero-order valence-corrected chi connectivity index (χ0v) is 6.34. The van der Waals surface area contributed by atoms with Crippen LogP contribution < -0.4 is 5.73 Å². The van der Waals surface area contributed by atoms with Crippen LogP contribution in [0.2, 0.25) is 0 Å². The molecule has 2 N–H and O–H groups in total. The molecule has 0 radical (unpaired) electrons. The predicted molar refractivity (Wildman–Crippen MR) is 42.2 cm³/mol. The molecule has 0 aliphatic heterocycles. The second kappa shape index (κ2) is 2.69. The number of nitrogens with zero attached hydrogens (tertiary/aromatic N) is 3. The third-order valence-electron chi connectivity index (χ3n) is 1.48. The highest BCUT2D eigenvalue weighted by Crippen LogP contribution is 2.03. The quantitative estimate of drug-likeness (QED) is 0.701. The van der Waals surface area contributed by atoms with Gasteiger partial charge in [-0.05, 0) is 0 Å². The molecule has 0 aliphatic rings. The van der Waals surface area contributed by atoms with Gasteiger partial charge in [-0.25, -0.2) is 0 Å². The van der Waals surface area contributed by atoms with E-state index in [1.165, 1.54) is 0 Å². The summed E-state index contributed by atoms with van der Waals surface area (Å²) in [7, 11) is 0. The molecular weight excluding hydrogens is 156 g/mol. The Kier molecular flexibility index (Phi) is 1.55. The molecule has 0 bridgehead atoms. The minimum Gasteiger partial charge on any atom is -0.396 e. The van der Waals surface area contributed by atoms with Gasteiger partial charge in [0, 0.05) is 11.8 Å². The molecule has 0 atom stereocenters. The lowest BCUT2D eigenvalue weighted by atomic mass is 10.4. The summed E-state index contributed by atoms with van der Waals surface area (Å²) >= 11 is 0. The molecule has 2 aromatic rings. The van der Waals surface area contributed by atoms with Crippen molar-refractivity contribution in [2.75, 3.05) is 5.73 Å². The van der Waals surface area contributed by atoms with Gasteiger partial charge in [0.1, 0.15) is 6.26 Å². The lowest BCUT2D eigenvalue weighted by molar-refractivity contribution is 0.418. The molecule has 2 aromatic heterocycles. The summed E-state index contributed by atoms with van der Waals surface area (Å²) < 4.78 is 6.40. The zero-order chi connectivity index (χ0) is 8.39. The van der Waals surface area contributed by atoms with Crippen LogP contribution in [0.3, 0.4) is 0 Å². The predicted octanol–water partition coefficient (Wildman–Crippen LogP) is 0.502. The molecule has 2 rings (SSSR count). The molecule has 0 fully saturated rings. The smallest absolute Gasteiger partial charge is 0.128 e. The van der Waals surface area contributed by atoms with Crippen LogP contribution in [0.15, 0.2) is 29.4 Å². The SMILES string of the molecule is Nc1cnn(Cc2cnoc2)c1. The summed E-state index contributed by atoms with van der Waals surface area (Å²) in [5.41, 5.74) is 7.11. The summed E-state index contributed by atoms with van der Waals surface area (Å²) in [6, 6.07) is 0. The molecule has 0 spiro atoms. The van der Waals surface area contributed by atoms with Crippen LogP contribution in [-0.4, -0.2) is 14.9 Å². The van der Waals surface area contributed by atoms with Gasteiger partial charge in [0.15, 0.2) is 0 Å². The Labute approximate surface area is 68.8 Å². The van der Waals surface area contributed by atoms with E-state index in [1.54, 1.807) is 29.5 Å². The number of nitrogen functional groups attached to an aromatic ring is 1. The lowest BCUT2D eigenvalue weighted by Gasteiger charge is -1.94. The van der Waals surface area contributed by atoms with E-state index < -0.39 is 0 Å². The molecular formula is C7H8N4O. The lowest BCUT2D eigenvalue weighted by Crippen LogP contribution is -1.98. The van der Waals surface area contributed by atoms with E-state index in [0.717, 1.165) is 5.56 Å². The highest BCUT2D eigenvalue weighted by Gasteiger charge is 1.98. The molecule has 0 aromatic carbocycles. The van der Waals surface area contributed by atoms with Crippen LogP contribution in [0.4, 0.5) is 5.69 Å². The summed E-state index contributed by atoms with van der Waals surface area (Å²) in [6.45, 7) is 0.640. The van der Waals surface area contributed by atoms with E-state index in [0.29, 0.717) is 12.2 Å². The number of rotatable bonds is 2. The van der Waals surface area contributed by atoms with E-state index in [-0.39, 0.29) is 0 Å². The first-order valence-corrected chi connectivity index (χ1v) is 3.51. The van der Waals surface area contributed by atoms with E-state index in [1.807, 2.05) is 0 Å². The third kappa shape index (κ3) is 1.29. The molecule has 0 saturated carbocycles. The Morgan fingerprint density at radius 1 is 1.50 bits per heavy atom. The van der Waals surface area contributed by atoms with E-state index >= 15 is 0 Å². The van der Waals surface area contributed by atoms with Gasteiger partial charge in [0.2, 0.25) is 0 Å². The highest BCUT2D eigenvalue weighted by atomic mass is 16.5. The van der Waals surface area contributed by atoms with Crippen LogP contribution >= 0.6 is 0 Å². The maximum Gasteiger partial charge on any atom is 0.128 e. The van der Waals surface area contributed by atoms with Crippen molar-refractivity contribution in [3.63, 3.8) is 0 Å². The van der Waals surface area contributed by atoms with Gasteiger partial charge >= 0.3 is 0 Å². The van der Waals surface area contributed by atoms with Crippen LogP contribution in [0, 0.1) is 0 Å². The van der Waals surface area contributed by atoms with E-state index in [9.17, 15) is 0 Å². The standard InChI is InChI=1S/C7H8N4O/c8-7-2-9-11(4-7)3-6-1-10-12-5-6/h1-2,4-5H,3,8H2. The molecule has 62 valence electrons. The normalized spacial score (nSPS) is 10.3. The average Bonchev–Trinajstić information content (AvgIpc) is 2.63. The van der Waals surface area contributed by atoms with Crippen LogP contribution in [0.5, 0.6) is 0 Å². The van der Waals surface area contributed by atoms with Gasteiger partial charge in [-0.2, -0.15) is 5.10 Å². The van der Waals surface area contributed by atoms with Gasteiger partial charge in [-0.3, -0.25) is 4.68 Å². The third-order valence-corrected chi connectivity index (χ3v) is 1.48. The summed E-state index contributed by atoms with van der Waals surface area (Å²) in [5.74, 6) is 0. The summed E-state index contributed by atoms with van der Waals surface area (Å²) in [6.07, 6.45) is 6.59. The second-order valence-electron chi connectivity index (χ2n) is 2.50. The first kappa shape index (κ1) is 6.90. The summed E-state index contributed by atoms with van der Waals surface area (Å²) in [4.78, 5) is 0. The molecule has 0 amide bonds. The van der Waals surface area contributed by atoms with Gasteiger partial charge in [0.05, 0.1) is 24.6 Å². The number of aromatic nitrogens is 3. The fourth-order valence-corrected chi connectivity index (χ4v) is 0.958. The van der Waals surface area contributed by atoms with Crippen molar-refractivity contribution in [2.45, 2.75) is 6.54 Å². The molecule has 5 heteroatoms. The molecule has 0 aliphatic carbocycles. The van der Waals surface area contributed by atoms with Gasteiger partial charge in [-0.1, -0.05) is 5.16 Å².